The third kappa shape index (κ3) is 6.04. The van der Waals surface area contributed by atoms with Crippen molar-refractivity contribution in [1.82, 2.24) is 4.90 Å². The van der Waals surface area contributed by atoms with Crippen LogP contribution in [0.5, 0.6) is 5.75 Å². The molecule has 2 aromatic rings. The van der Waals surface area contributed by atoms with Crippen LogP contribution in [0, 0.1) is 0 Å². The molecule has 24 heavy (non-hydrogen) atoms. The Labute approximate surface area is 152 Å². The summed E-state index contributed by atoms with van der Waals surface area (Å²) >= 11 is 11.7. The zero-order valence-corrected chi connectivity index (χ0v) is 15.2. The lowest BCUT2D eigenvalue weighted by atomic mass is 10.1. The van der Waals surface area contributed by atoms with E-state index < -0.39 is 0 Å². The number of nitrogens with zero attached hydrogens (tertiary/aromatic N) is 1. The molecule has 2 aromatic carbocycles. The number of carbonyl (C=O) groups is 1. The van der Waals surface area contributed by atoms with Gasteiger partial charge < -0.3 is 15.0 Å². The van der Waals surface area contributed by atoms with Crippen LogP contribution in [-0.4, -0.2) is 38.1 Å². The monoisotopic (exact) mass is 366 g/mol. The second-order valence-corrected chi connectivity index (χ2v) is 6.48. The number of benzene rings is 2. The predicted octanol–water partition coefficient (Wildman–Crippen LogP) is 4.12. The molecular formula is C18H20Cl2N2O2. The third-order valence-corrected chi connectivity index (χ3v) is 4.09. The van der Waals surface area contributed by atoms with E-state index in [2.05, 4.69) is 10.2 Å². The van der Waals surface area contributed by atoms with Crippen LogP contribution in [0.4, 0.5) is 5.69 Å². The Morgan fingerprint density at radius 3 is 2.42 bits per heavy atom. The maximum atomic E-state index is 11.9. The SMILES string of the molecule is CN(C)CCc1ccc(NC(=O)COc2ccc(Cl)c(Cl)c2)cc1. The van der Waals surface area contributed by atoms with Gasteiger partial charge in [0.1, 0.15) is 5.75 Å². The molecule has 0 heterocycles. The summed E-state index contributed by atoms with van der Waals surface area (Å²) in [5.74, 6) is 0.265. The molecule has 0 fully saturated rings. The van der Waals surface area contributed by atoms with Crippen LogP contribution >= 0.6 is 23.2 Å². The van der Waals surface area contributed by atoms with Gasteiger partial charge in [0.15, 0.2) is 6.61 Å². The van der Waals surface area contributed by atoms with Crippen LogP contribution in [0.3, 0.4) is 0 Å². The van der Waals surface area contributed by atoms with E-state index in [4.69, 9.17) is 27.9 Å². The van der Waals surface area contributed by atoms with Crippen LogP contribution in [0.25, 0.3) is 0 Å². The first-order valence-corrected chi connectivity index (χ1v) is 8.31. The van der Waals surface area contributed by atoms with Gasteiger partial charge in [-0.1, -0.05) is 35.3 Å². The fraction of sp³-hybridized carbons (Fsp3) is 0.278. The second-order valence-electron chi connectivity index (χ2n) is 5.66. The Kier molecular flexibility index (Phi) is 6.91. The van der Waals surface area contributed by atoms with E-state index in [-0.39, 0.29) is 12.5 Å². The normalized spacial score (nSPS) is 10.7. The summed E-state index contributed by atoms with van der Waals surface area (Å²) in [6, 6.07) is 12.7. The Bertz CT molecular complexity index is 688. The highest BCUT2D eigenvalue weighted by Gasteiger charge is 2.06. The van der Waals surface area contributed by atoms with Gasteiger partial charge in [-0.25, -0.2) is 0 Å². The van der Waals surface area contributed by atoms with Gasteiger partial charge in [0, 0.05) is 18.3 Å². The number of anilines is 1. The van der Waals surface area contributed by atoms with Crippen LogP contribution in [0.15, 0.2) is 42.5 Å². The molecule has 0 saturated heterocycles. The Morgan fingerprint density at radius 2 is 1.79 bits per heavy atom. The Hall–Kier alpha value is -1.75. The van der Waals surface area contributed by atoms with Crippen molar-refractivity contribution in [3.05, 3.63) is 58.1 Å². The molecule has 0 aliphatic carbocycles. The van der Waals surface area contributed by atoms with Crippen molar-refractivity contribution in [3.63, 3.8) is 0 Å². The van der Waals surface area contributed by atoms with Gasteiger partial charge in [-0.15, -0.1) is 0 Å². The summed E-state index contributed by atoms with van der Waals surface area (Å²) in [4.78, 5) is 14.1. The molecule has 128 valence electrons. The number of amides is 1. The first-order chi connectivity index (χ1) is 11.4. The fourth-order valence-electron chi connectivity index (χ4n) is 2.02. The van der Waals surface area contributed by atoms with Gasteiger partial charge in [0.25, 0.3) is 5.91 Å². The molecular weight excluding hydrogens is 347 g/mol. The van der Waals surface area contributed by atoms with Crippen LogP contribution in [-0.2, 0) is 11.2 Å². The van der Waals surface area contributed by atoms with E-state index in [1.807, 2.05) is 38.4 Å². The topological polar surface area (TPSA) is 41.6 Å². The molecule has 0 radical (unpaired) electrons. The Morgan fingerprint density at radius 1 is 1.08 bits per heavy atom. The zero-order valence-electron chi connectivity index (χ0n) is 13.7. The predicted molar refractivity (Wildman–Crippen MR) is 99.3 cm³/mol. The van der Waals surface area contributed by atoms with Gasteiger partial charge in [0.05, 0.1) is 10.0 Å². The van der Waals surface area contributed by atoms with E-state index in [0.717, 1.165) is 18.7 Å². The first-order valence-electron chi connectivity index (χ1n) is 7.55. The summed E-state index contributed by atoms with van der Waals surface area (Å²) in [6.07, 6.45) is 0.974. The second kappa shape index (κ2) is 8.92. The molecule has 0 unspecified atom stereocenters. The zero-order chi connectivity index (χ0) is 17.5. The lowest BCUT2D eigenvalue weighted by molar-refractivity contribution is -0.118. The Balaban J connectivity index is 1.82. The highest BCUT2D eigenvalue weighted by Crippen LogP contribution is 2.26. The van der Waals surface area contributed by atoms with Crippen molar-refractivity contribution in [2.24, 2.45) is 0 Å². The molecule has 0 atom stereocenters. The number of carbonyl (C=O) groups excluding carboxylic acids is 1. The number of nitrogens with one attached hydrogen (secondary N) is 1. The van der Waals surface area contributed by atoms with Gasteiger partial charge >= 0.3 is 0 Å². The number of rotatable bonds is 7. The number of hydrogen-bond donors (Lipinski definition) is 1. The quantitative estimate of drug-likeness (QED) is 0.801. The third-order valence-electron chi connectivity index (χ3n) is 3.35. The van der Waals surface area contributed by atoms with E-state index in [1.165, 1.54) is 5.56 Å². The van der Waals surface area contributed by atoms with E-state index in [1.54, 1.807) is 18.2 Å². The van der Waals surface area contributed by atoms with Crippen LogP contribution in [0.2, 0.25) is 10.0 Å². The smallest absolute Gasteiger partial charge is 0.262 e. The van der Waals surface area contributed by atoms with E-state index >= 15 is 0 Å². The number of hydrogen-bond acceptors (Lipinski definition) is 3. The van der Waals surface area contributed by atoms with Crippen LogP contribution in [0.1, 0.15) is 5.56 Å². The highest BCUT2D eigenvalue weighted by atomic mass is 35.5. The van der Waals surface area contributed by atoms with Gasteiger partial charge in [0.2, 0.25) is 0 Å². The minimum absolute atomic E-state index is 0.0969. The molecule has 0 aliphatic heterocycles. The molecule has 0 aliphatic rings. The number of likely N-dealkylation sites (N-methyl/N-ethyl adjacent to an activating group) is 1. The van der Waals surface area contributed by atoms with Crippen molar-refractivity contribution in [2.45, 2.75) is 6.42 Å². The van der Waals surface area contributed by atoms with E-state index in [9.17, 15) is 4.79 Å². The van der Waals surface area contributed by atoms with Crippen molar-refractivity contribution >= 4 is 34.8 Å². The molecule has 0 aromatic heterocycles. The van der Waals surface area contributed by atoms with Gasteiger partial charge in [-0.05, 0) is 50.3 Å². The summed E-state index contributed by atoms with van der Waals surface area (Å²) in [7, 11) is 4.09. The standard InChI is InChI=1S/C18H20Cl2N2O2/c1-22(2)10-9-13-3-5-14(6-4-13)21-18(23)12-24-15-7-8-16(19)17(20)11-15/h3-8,11H,9-10,12H2,1-2H3,(H,21,23). The molecule has 2 rings (SSSR count). The molecule has 1 amide bonds. The molecule has 4 nitrogen and oxygen atoms in total. The van der Waals surface area contributed by atoms with Gasteiger partial charge in [-0.2, -0.15) is 0 Å². The summed E-state index contributed by atoms with van der Waals surface area (Å²) in [5, 5.41) is 3.64. The molecule has 1 N–H and O–H groups in total. The maximum Gasteiger partial charge on any atom is 0.262 e. The average molecular weight is 367 g/mol. The first kappa shape index (κ1) is 18.6. The average Bonchev–Trinajstić information content (AvgIpc) is 2.55. The van der Waals surface area contributed by atoms with Crippen LogP contribution < -0.4 is 10.1 Å². The summed E-state index contributed by atoms with van der Waals surface area (Å²) < 4.78 is 5.40. The van der Waals surface area contributed by atoms with Crippen molar-refractivity contribution < 1.29 is 9.53 Å². The van der Waals surface area contributed by atoms with Crippen molar-refractivity contribution in [1.29, 1.82) is 0 Å². The molecule has 0 saturated carbocycles. The molecule has 6 heteroatoms. The molecule has 0 bridgehead atoms. The summed E-state index contributed by atoms with van der Waals surface area (Å²) in [6.45, 7) is 0.892. The lowest BCUT2D eigenvalue weighted by Gasteiger charge is -2.10. The van der Waals surface area contributed by atoms with E-state index in [0.29, 0.717) is 15.8 Å². The highest BCUT2D eigenvalue weighted by molar-refractivity contribution is 6.42. The fourth-order valence-corrected chi connectivity index (χ4v) is 2.31. The minimum atomic E-state index is -0.234. The van der Waals surface area contributed by atoms with Gasteiger partial charge in [-0.3, -0.25) is 4.79 Å². The largest absolute Gasteiger partial charge is 0.484 e. The number of halogens is 2. The van der Waals surface area contributed by atoms with Crippen molar-refractivity contribution in [2.75, 3.05) is 32.6 Å². The maximum absolute atomic E-state index is 11.9. The minimum Gasteiger partial charge on any atom is -0.484 e. The summed E-state index contributed by atoms with van der Waals surface area (Å²) in [5.41, 5.74) is 1.97. The number of ether oxygens (including phenoxy) is 1. The van der Waals surface area contributed by atoms with Crippen molar-refractivity contribution in [3.8, 4) is 5.75 Å². The molecule has 0 spiro atoms. The lowest BCUT2D eigenvalue weighted by Crippen LogP contribution is -2.20.